The van der Waals surface area contributed by atoms with E-state index in [1.54, 1.807) is 0 Å². The van der Waals surface area contributed by atoms with Crippen LogP contribution < -0.4 is 0 Å². The van der Waals surface area contributed by atoms with Crippen LogP contribution in [0.1, 0.15) is 188 Å². The molecule has 0 fully saturated rings. The molecule has 4 heteroatoms. The van der Waals surface area contributed by atoms with Crippen LogP contribution in [-0.2, 0) is 0 Å². The Balaban J connectivity index is 3.45. The summed E-state index contributed by atoms with van der Waals surface area (Å²) in [7, 11) is 0. The average Bonchev–Trinajstić information content (AvgIpc) is 3.01. The van der Waals surface area contributed by atoms with Gasteiger partial charge in [0.2, 0.25) is 0 Å². The first-order valence-electron chi connectivity index (χ1n) is 19.7. The van der Waals surface area contributed by atoms with Gasteiger partial charge in [0.15, 0.2) is 0 Å². The van der Waals surface area contributed by atoms with E-state index >= 15 is 0 Å². The molecule has 1 N–H and O–H groups in total. The molecule has 260 valence electrons. The topological polar surface area (TPSA) is 23.5 Å². The molecule has 0 bridgehead atoms. The molecule has 0 saturated heterocycles. The van der Waals surface area contributed by atoms with Gasteiger partial charge in [-0.2, -0.15) is 23.5 Å². The molecule has 0 aromatic carbocycles. The lowest BCUT2D eigenvalue weighted by molar-refractivity contribution is 0.190. The van der Waals surface area contributed by atoms with Crippen LogP contribution in [0.5, 0.6) is 0 Å². The molecule has 0 heterocycles. The first-order chi connectivity index (χ1) is 21.2. The van der Waals surface area contributed by atoms with Crippen molar-refractivity contribution in [3.63, 3.8) is 0 Å². The third kappa shape index (κ3) is 33.8. The van der Waals surface area contributed by atoms with Crippen molar-refractivity contribution in [2.24, 2.45) is 11.8 Å². The fourth-order valence-electron chi connectivity index (χ4n) is 6.10. The summed E-state index contributed by atoms with van der Waals surface area (Å²) in [6.45, 7) is 13.0. The lowest BCUT2D eigenvalue weighted by atomic mass is 10.0. The Morgan fingerprint density at radius 2 is 0.907 bits per heavy atom. The molecule has 0 aromatic heterocycles. The highest BCUT2D eigenvalue weighted by molar-refractivity contribution is 7.99. The smallest absolute Gasteiger partial charge is 0.0558 e. The summed E-state index contributed by atoms with van der Waals surface area (Å²) in [5.74, 6) is 7.39. The van der Waals surface area contributed by atoms with Gasteiger partial charge in [-0.15, -0.1) is 0 Å². The molecule has 2 atom stereocenters. The Hall–Kier alpha value is 0.620. The molecule has 0 amide bonds. The molecule has 2 nitrogen and oxygen atoms in total. The van der Waals surface area contributed by atoms with Gasteiger partial charge >= 0.3 is 0 Å². The second-order valence-electron chi connectivity index (χ2n) is 13.7. The van der Waals surface area contributed by atoms with Crippen molar-refractivity contribution >= 4 is 23.5 Å². The summed E-state index contributed by atoms with van der Waals surface area (Å²) in [5.41, 5.74) is 0. The third-order valence-electron chi connectivity index (χ3n) is 9.29. The van der Waals surface area contributed by atoms with Crippen LogP contribution in [0.4, 0.5) is 0 Å². The Bertz CT molecular complexity index is 506. The fraction of sp³-hybridized carbons (Fsp3) is 1.00. The molecule has 0 saturated carbocycles. The molecule has 0 spiro atoms. The molecule has 0 aliphatic carbocycles. The predicted molar refractivity (Wildman–Crippen MR) is 203 cm³/mol. The lowest BCUT2D eigenvalue weighted by Gasteiger charge is -2.21. The molecule has 0 aliphatic heterocycles. The monoisotopic (exact) mass is 644 g/mol. The summed E-state index contributed by atoms with van der Waals surface area (Å²) in [4.78, 5) is 2.52. The second-order valence-corrected chi connectivity index (χ2v) is 16.0. The van der Waals surface area contributed by atoms with Crippen molar-refractivity contribution in [2.45, 2.75) is 188 Å². The van der Waals surface area contributed by atoms with Gasteiger partial charge in [-0.1, -0.05) is 150 Å². The van der Waals surface area contributed by atoms with Gasteiger partial charge in [-0.05, 0) is 86.5 Å². The largest absolute Gasteiger partial charge is 0.395 e. The summed E-state index contributed by atoms with van der Waals surface area (Å²) >= 11 is 4.40. The summed E-state index contributed by atoms with van der Waals surface area (Å²) in [6, 6.07) is 0. The van der Waals surface area contributed by atoms with Crippen LogP contribution in [0.3, 0.4) is 0 Å². The van der Waals surface area contributed by atoms with E-state index in [1.165, 1.54) is 197 Å². The second kappa shape index (κ2) is 37.1. The first kappa shape index (κ1) is 43.6. The number of rotatable bonds is 37. The van der Waals surface area contributed by atoms with E-state index in [4.69, 9.17) is 0 Å². The minimum atomic E-state index is 0.312. The maximum absolute atomic E-state index is 9.50. The van der Waals surface area contributed by atoms with Gasteiger partial charge in [0.1, 0.15) is 0 Å². The molecule has 0 radical (unpaired) electrons. The zero-order valence-electron chi connectivity index (χ0n) is 30.2. The SMILES string of the molecule is CCCCC(C)CSCCCCCCCCCCCN(CCO)CCCCCCCCCCCSCC(CC)CCCC. The fourth-order valence-corrected chi connectivity index (χ4v) is 8.55. The van der Waals surface area contributed by atoms with Gasteiger partial charge in [-0.3, -0.25) is 0 Å². The molecule has 43 heavy (non-hydrogen) atoms. The number of aliphatic hydroxyl groups excluding tert-OH is 1. The molecule has 0 aromatic rings. The van der Waals surface area contributed by atoms with Gasteiger partial charge in [0.05, 0.1) is 6.61 Å². The van der Waals surface area contributed by atoms with Crippen molar-refractivity contribution in [1.29, 1.82) is 0 Å². The zero-order valence-corrected chi connectivity index (χ0v) is 31.8. The van der Waals surface area contributed by atoms with E-state index < -0.39 is 0 Å². The Labute approximate surface area is 281 Å². The van der Waals surface area contributed by atoms with Crippen LogP contribution in [0.15, 0.2) is 0 Å². The van der Waals surface area contributed by atoms with Crippen molar-refractivity contribution in [3.8, 4) is 0 Å². The van der Waals surface area contributed by atoms with Crippen LogP contribution >= 0.6 is 23.5 Å². The van der Waals surface area contributed by atoms with Gasteiger partial charge in [0, 0.05) is 6.54 Å². The highest BCUT2D eigenvalue weighted by Crippen LogP contribution is 2.20. The van der Waals surface area contributed by atoms with Gasteiger partial charge in [0.25, 0.3) is 0 Å². The summed E-state index contributed by atoms with van der Waals surface area (Å²) in [5, 5.41) is 9.50. The number of thioether (sulfide) groups is 2. The number of aliphatic hydroxyl groups is 1. The molecular formula is C39H81NOS2. The zero-order chi connectivity index (χ0) is 31.5. The molecular weight excluding hydrogens is 563 g/mol. The highest BCUT2D eigenvalue weighted by atomic mass is 32.2. The normalized spacial score (nSPS) is 13.3. The third-order valence-corrected chi connectivity index (χ3v) is 12.0. The molecule has 0 rings (SSSR count). The van der Waals surface area contributed by atoms with Crippen molar-refractivity contribution < 1.29 is 5.11 Å². The Morgan fingerprint density at radius 3 is 1.35 bits per heavy atom. The van der Waals surface area contributed by atoms with Gasteiger partial charge < -0.3 is 10.0 Å². The Morgan fingerprint density at radius 1 is 0.488 bits per heavy atom. The highest BCUT2D eigenvalue weighted by Gasteiger charge is 2.06. The Kier molecular flexibility index (Phi) is 37.6. The number of hydrogen-bond donors (Lipinski definition) is 1. The lowest BCUT2D eigenvalue weighted by Crippen LogP contribution is -2.29. The average molecular weight is 644 g/mol. The van der Waals surface area contributed by atoms with E-state index in [0.29, 0.717) is 6.61 Å². The molecule has 2 unspecified atom stereocenters. The van der Waals surface area contributed by atoms with E-state index in [1.807, 2.05) is 0 Å². The van der Waals surface area contributed by atoms with Crippen LogP contribution in [0.25, 0.3) is 0 Å². The quantitative estimate of drug-likeness (QED) is 0.0680. The van der Waals surface area contributed by atoms with E-state index in [-0.39, 0.29) is 0 Å². The number of hydrogen-bond acceptors (Lipinski definition) is 4. The van der Waals surface area contributed by atoms with Crippen molar-refractivity contribution in [3.05, 3.63) is 0 Å². The predicted octanol–water partition coefficient (Wildman–Crippen LogP) is 12.8. The maximum atomic E-state index is 9.50. The standard InChI is InChI=1S/C39H81NOS2/c1-5-8-28-38(4)36-42-34-26-22-18-14-10-12-16-20-24-30-40(32-33-41)31-25-21-17-13-11-15-19-23-27-35-43-37-39(7-3)29-9-6-2/h38-39,41H,5-37H2,1-4H3. The molecule has 0 aliphatic rings. The number of nitrogens with zero attached hydrogens (tertiary/aromatic N) is 1. The number of unbranched alkanes of at least 4 members (excludes halogenated alkanes) is 18. The van der Waals surface area contributed by atoms with Crippen LogP contribution in [0, 0.1) is 11.8 Å². The van der Waals surface area contributed by atoms with Crippen molar-refractivity contribution in [1.82, 2.24) is 4.90 Å². The summed E-state index contributed by atoms with van der Waals surface area (Å²) < 4.78 is 0. The first-order valence-corrected chi connectivity index (χ1v) is 22.0. The van der Waals surface area contributed by atoms with Crippen molar-refractivity contribution in [2.75, 3.05) is 49.3 Å². The van der Waals surface area contributed by atoms with E-state index in [0.717, 1.165) is 18.4 Å². The van der Waals surface area contributed by atoms with Gasteiger partial charge in [-0.25, -0.2) is 0 Å². The minimum absolute atomic E-state index is 0.312. The maximum Gasteiger partial charge on any atom is 0.0558 e. The van der Waals surface area contributed by atoms with E-state index in [9.17, 15) is 5.11 Å². The summed E-state index contributed by atoms with van der Waals surface area (Å²) in [6.07, 6.45) is 35.1. The minimum Gasteiger partial charge on any atom is -0.395 e. The van der Waals surface area contributed by atoms with Crippen LogP contribution in [0.2, 0.25) is 0 Å². The van der Waals surface area contributed by atoms with E-state index in [2.05, 4.69) is 56.1 Å². The van der Waals surface area contributed by atoms with Crippen LogP contribution in [-0.4, -0.2) is 59.3 Å².